The summed E-state index contributed by atoms with van der Waals surface area (Å²) in [5.74, 6) is 0.337. The fourth-order valence-corrected chi connectivity index (χ4v) is 3.03. The van der Waals surface area contributed by atoms with E-state index in [1.54, 1.807) is 16.7 Å². The summed E-state index contributed by atoms with van der Waals surface area (Å²) >= 11 is 18.2. The summed E-state index contributed by atoms with van der Waals surface area (Å²) in [6.45, 7) is 0.0425. The van der Waals surface area contributed by atoms with Crippen LogP contribution in [0.3, 0.4) is 0 Å². The highest BCUT2D eigenvalue weighted by Crippen LogP contribution is 2.29. The van der Waals surface area contributed by atoms with Crippen LogP contribution in [0.4, 0.5) is 0 Å². The topological polar surface area (TPSA) is 44.1 Å². The van der Waals surface area contributed by atoms with Crippen molar-refractivity contribution in [3.8, 4) is 0 Å². The summed E-state index contributed by atoms with van der Waals surface area (Å²) in [4.78, 5) is 16.4. The molecule has 0 saturated carbocycles. The lowest BCUT2D eigenvalue weighted by Gasteiger charge is -2.08. The number of imidazole rings is 1. The molecule has 3 rings (SSSR count). The van der Waals surface area contributed by atoms with Gasteiger partial charge in [0.2, 0.25) is 0 Å². The largest absolute Gasteiger partial charge is 0.468 e. The van der Waals surface area contributed by atoms with Gasteiger partial charge in [0.1, 0.15) is 12.4 Å². The molecular weight excluding hydrogens is 371 g/mol. The van der Waals surface area contributed by atoms with Crippen LogP contribution >= 0.6 is 34.8 Å². The van der Waals surface area contributed by atoms with Gasteiger partial charge >= 0.3 is 5.97 Å². The maximum absolute atomic E-state index is 11.8. The Morgan fingerprint density at radius 1 is 1.17 bits per heavy atom. The van der Waals surface area contributed by atoms with Crippen molar-refractivity contribution in [3.63, 3.8) is 0 Å². The van der Waals surface area contributed by atoms with Gasteiger partial charge in [0.05, 0.1) is 28.2 Å². The molecule has 0 bridgehead atoms. The number of esters is 1. The average Bonchev–Trinajstić information content (AvgIpc) is 2.84. The molecule has 0 spiro atoms. The molecule has 1 heterocycles. The van der Waals surface area contributed by atoms with Gasteiger partial charge < -0.3 is 9.30 Å². The number of benzene rings is 2. The predicted octanol–water partition coefficient (Wildman–Crippen LogP) is 4.76. The van der Waals surface area contributed by atoms with Crippen LogP contribution in [0.25, 0.3) is 11.0 Å². The van der Waals surface area contributed by atoms with E-state index in [1.807, 2.05) is 24.3 Å². The number of hydrogen-bond donors (Lipinski definition) is 0. The molecule has 0 amide bonds. The van der Waals surface area contributed by atoms with E-state index in [-0.39, 0.29) is 12.5 Å². The van der Waals surface area contributed by atoms with Crippen molar-refractivity contribution in [3.05, 3.63) is 62.9 Å². The second-order valence-electron chi connectivity index (χ2n) is 5.25. The van der Waals surface area contributed by atoms with Crippen molar-refractivity contribution >= 4 is 51.8 Å². The molecule has 124 valence electrons. The molecule has 0 fully saturated rings. The summed E-state index contributed by atoms with van der Waals surface area (Å²) < 4.78 is 6.57. The third-order valence-electron chi connectivity index (χ3n) is 3.64. The summed E-state index contributed by atoms with van der Waals surface area (Å²) in [5, 5.41) is 1.47. The molecule has 0 N–H and O–H groups in total. The van der Waals surface area contributed by atoms with E-state index in [4.69, 9.17) is 39.5 Å². The number of aromatic nitrogens is 2. The van der Waals surface area contributed by atoms with Crippen LogP contribution in [0.5, 0.6) is 0 Å². The maximum Gasteiger partial charge on any atom is 0.325 e. The zero-order chi connectivity index (χ0) is 17.3. The molecule has 4 nitrogen and oxygen atoms in total. The Bertz CT molecular complexity index is 922. The van der Waals surface area contributed by atoms with Crippen LogP contribution in [0.15, 0.2) is 36.4 Å². The van der Waals surface area contributed by atoms with Crippen molar-refractivity contribution in [1.29, 1.82) is 0 Å². The highest BCUT2D eigenvalue weighted by molar-refractivity contribution is 6.42. The standard InChI is InChI=1S/C17H13Cl3N2O2/c1-24-17(23)9-22-15-8-13(20)12(19)7-14(15)21-16(22)6-10-3-2-4-11(18)5-10/h2-5,7-8H,6,9H2,1H3. The average molecular weight is 384 g/mol. The first kappa shape index (κ1) is 17.1. The highest BCUT2D eigenvalue weighted by atomic mass is 35.5. The van der Waals surface area contributed by atoms with Crippen LogP contribution in [0.2, 0.25) is 15.1 Å². The summed E-state index contributed by atoms with van der Waals surface area (Å²) in [5.41, 5.74) is 2.39. The number of halogens is 3. The van der Waals surface area contributed by atoms with Crippen molar-refractivity contribution < 1.29 is 9.53 Å². The number of carbonyl (C=O) groups excluding carboxylic acids is 1. The minimum atomic E-state index is -0.368. The van der Waals surface area contributed by atoms with Gasteiger partial charge in [0.15, 0.2) is 0 Å². The van der Waals surface area contributed by atoms with E-state index >= 15 is 0 Å². The number of ether oxygens (including phenoxy) is 1. The molecule has 0 aliphatic carbocycles. The Morgan fingerprint density at radius 2 is 1.92 bits per heavy atom. The Labute approximate surface area is 153 Å². The number of methoxy groups -OCH3 is 1. The lowest BCUT2D eigenvalue weighted by Crippen LogP contribution is -2.14. The number of nitrogens with zero attached hydrogens (tertiary/aromatic N) is 2. The third kappa shape index (κ3) is 3.51. The molecule has 0 radical (unpaired) electrons. The lowest BCUT2D eigenvalue weighted by molar-refractivity contribution is -0.141. The second-order valence-corrected chi connectivity index (χ2v) is 6.50. The number of carbonyl (C=O) groups is 1. The third-order valence-corrected chi connectivity index (χ3v) is 4.59. The van der Waals surface area contributed by atoms with Gasteiger partial charge in [0, 0.05) is 11.4 Å². The molecule has 2 aromatic carbocycles. The molecule has 0 saturated heterocycles. The van der Waals surface area contributed by atoms with Crippen LogP contribution in [0, 0.1) is 0 Å². The van der Waals surface area contributed by atoms with Gasteiger partial charge in [-0.1, -0.05) is 46.9 Å². The van der Waals surface area contributed by atoms with E-state index in [9.17, 15) is 4.79 Å². The molecule has 0 unspecified atom stereocenters. The van der Waals surface area contributed by atoms with E-state index in [1.165, 1.54) is 7.11 Å². The molecule has 0 aliphatic heterocycles. The Morgan fingerprint density at radius 3 is 2.62 bits per heavy atom. The van der Waals surface area contributed by atoms with Crippen molar-refractivity contribution in [2.75, 3.05) is 7.11 Å². The van der Waals surface area contributed by atoms with Crippen LogP contribution in [0.1, 0.15) is 11.4 Å². The zero-order valence-corrected chi connectivity index (χ0v) is 15.0. The fraction of sp³-hybridized carbons (Fsp3) is 0.176. The van der Waals surface area contributed by atoms with E-state index < -0.39 is 0 Å². The maximum atomic E-state index is 11.8. The number of hydrogen-bond acceptors (Lipinski definition) is 3. The van der Waals surface area contributed by atoms with Crippen LogP contribution in [-0.4, -0.2) is 22.6 Å². The quantitative estimate of drug-likeness (QED) is 0.610. The van der Waals surface area contributed by atoms with Gasteiger partial charge in [-0.2, -0.15) is 0 Å². The number of rotatable bonds is 4. The first-order valence-electron chi connectivity index (χ1n) is 7.13. The molecular formula is C17H13Cl3N2O2. The predicted molar refractivity (Wildman–Crippen MR) is 96.0 cm³/mol. The first-order chi connectivity index (χ1) is 11.5. The monoisotopic (exact) mass is 382 g/mol. The Hall–Kier alpha value is -1.75. The Kier molecular flexibility index (Phi) is 4.99. The smallest absolute Gasteiger partial charge is 0.325 e. The van der Waals surface area contributed by atoms with Crippen LogP contribution < -0.4 is 0 Å². The lowest BCUT2D eigenvalue weighted by atomic mass is 10.1. The fourth-order valence-electron chi connectivity index (χ4n) is 2.50. The second kappa shape index (κ2) is 7.01. The number of fused-ring (bicyclic) bond motifs is 1. The van der Waals surface area contributed by atoms with Gasteiger partial charge in [-0.15, -0.1) is 0 Å². The zero-order valence-electron chi connectivity index (χ0n) is 12.7. The molecule has 1 aromatic heterocycles. The minimum absolute atomic E-state index is 0.0425. The minimum Gasteiger partial charge on any atom is -0.468 e. The molecule has 7 heteroatoms. The first-order valence-corrected chi connectivity index (χ1v) is 8.26. The van der Waals surface area contributed by atoms with Crippen molar-refractivity contribution in [1.82, 2.24) is 9.55 Å². The highest BCUT2D eigenvalue weighted by Gasteiger charge is 2.16. The van der Waals surface area contributed by atoms with Gasteiger partial charge in [-0.3, -0.25) is 4.79 Å². The molecule has 0 aliphatic rings. The SMILES string of the molecule is COC(=O)Cn1c(Cc2cccc(Cl)c2)nc2cc(Cl)c(Cl)cc21. The summed E-state index contributed by atoms with van der Waals surface area (Å²) in [6, 6.07) is 10.9. The van der Waals surface area contributed by atoms with E-state index in [0.29, 0.717) is 32.8 Å². The van der Waals surface area contributed by atoms with Crippen molar-refractivity contribution in [2.45, 2.75) is 13.0 Å². The molecule has 24 heavy (non-hydrogen) atoms. The van der Waals surface area contributed by atoms with Crippen molar-refractivity contribution in [2.24, 2.45) is 0 Å². The van der Waals surface area contributed by atoms with Gasteiger partial charge in [-0.05, 0) is 29.8 Å². The van der Waals surface area contributed by atoms with Crippen LogP contribution in [-0.2, 0) is 22.5 Å². The Balaban J connectivity index is 2.10. The molecule has 3 aromatic rings. The normalized spacial score (nSPS) is 11.0. The van der Waals surface area contributed by atoms with Gasteiger partial charge in [-0.25, -0.2) is 4.98 Å². The van der Waals surface area contributed by atoms with E-state index in [0.717, 1.165) is 11.1 Å². The summed E-state index contributed by atoms with van der Waals surface area (Å²) in [6.07, 6.45) is 0.515. The van der Waals surface area contributed by atoms with E-state index in [2.05, 4.69) is 4.98 Å². The summed E-state index contributed by atoms with van der Waals surface area (Å²) in [7, 11) is 1.35. The molecule has 0 atom stereocenters. The van der Waals surface area contributed by atoms with Gasteiger partial charge in [0.25, 0.3) is 0 Å².